The zero-order chi connectivity index (χ0) is 43.7. The Balaban J connectivity index is 1.09. The number of thioether (sulfide) groups is 2. The van der Waals surface area contributed by atoms with Crippen molar-refractivity contribution in [1.29, 1.82) is 0 Å². The first kappa shape index (κ1) is 44.0. The summed E-state index contributed by atoms with van der Waals surface area (Å²) in [6, 6.07) is 17.9. The van der Waals surface area contributed by atoms with Gasteiger partial charge < -0.3 is 20.0 Å². The Hall–Kier alpha value is -4.60. The molecule has 0 saturated carbocycles. The van der Waals surface area contributed by atoms with Gasteiger partial charge in [0, 0.05) is 52.3 Å². The number of carbonyl (C=O) groups excluding carboxylic acids is 6. The molecule has 2 N–H and O–H groups in total. The van der Waals surface area contributed by atoms with Crippen molar-refractivity contribution in [2.24, 2.45) is 5.41 Å². The van der Waals surface area contributed by atoms with Crippen molar-refractivity contribution in [2.75, 3.05) is 36.1 Å². The van der Waals surface area contributed by atoms with Crippen LogP contribution in [0.3, 0.4) is 0 Å². The second-order valence-electron chi connectivity index (χ2n) is 14.9. The van der Waals surface area contributed by atoms with Crippen LogP contribution in [-0.2, 0) is 19.2 Å². The average Bonchev–Trinajstić information content (AvgIpc) is 4.14. The molecule has 322 valence electrons. The Labute approximate surface area is 380 Å². The second kappa shape index (κ2) is 18.6. The van der Waals surface area contributed by atoms with Gasteiger partial charge in [-0.2, -0.15) is 0 Å². The molecule has 20 heteroatoms. The van der Waals surface area contributed by atoms with E-state index in [-0.39, 0.29) is 83.5 Å². The maximum atomic E-state index is 15.6. The van der Waals surface area contributed by atoms with Crippen molar-refractivity contribution >= 4 is 115 Å². The van der Waals surface area contributed by atoms with Gasteiger partial charge in [-0.1, -0.05) is 58.0 Å². The van der Waals surface area contributed by atoms with Crippen LogP contribution in [0, 0.1) is 5.41 Å². The van der Waals surface area contributed by atoms with Crippen LogP contribution in [0.25, 0.3) is 0 Å². The normalized spacial score (nSPS) is 21.0. The van der Waals surface area contributed by atoms with Crippen LogP contribution in [0.4, 0.5) is 0 Å². The Morgan fingerprint density at radius 1 is 0.613 bits per heavy atom. The van der Waals surface area contributed by atoms with Gasteiger partial charge in [0.15, 0.2) is 0 Å². The molecule has 4 aliphatic rings. The van der Waals surface area contributed by atoms with Gasteiger partial charge in [-0.15, -0.1) is 46.2 Å². The van der Waals surface area contributed by atoms with Crippen LogP contribution in [-0.4, -0.2) is 125 Å². The fourth-order valence-corrected chi connectivity index (χ4v) is 15.5. The van der Waals surface area contributed by atoms with Crippen molar-refractivity contribution in [3.05, 3.63) is 116 Å². The van der Waals surface area contributed by atoms with Gasteiger partial charge in [0.1, 0.15) is 22.8 Å². The third-order valence-electron chi connectivity index (χ3n) is 11.3. The Morgan fingerprint density at radius 2 is 1.05 bits per heavy atom. The number of hydrogen-bond acceptors (Lipinski definition) is 14. The molecule has 2 unspecified atom stereocenters. The molecular weight excluding hydrogens is 913 g/mol. The number of thiophene rings is 2. The highest BCUT2D eigenvalue weighted by Crippen LogP contribution is 2.49. The smallest absolute Gasteiger partial charge is 0.327 e. The second-order valence-corrected chi connectivity index (χ2v) is 21.6. The zero-order valence-corrected chi connectivity index (χ0v) is 37.6. The summed E-state index contributed by atoms with van der Waals surface area (Å²) in [5.74, 6) is -4.81. The van der Waals surface area contributed by atoms with Crippen LogP contribution in [0.15, 0.2) is 83.6 Å². The summed E-state index contributed by atoms with van der Waals surface area (Å²) in [5.41, 5.74) is -0.685. The number of carbonyl (C=O) groups is 8. The SMILES string of the molecule is O=C(O)[C@@H]1CSC(c2cccs2)N1C(=O)CCSSCC(CCN1C(=O)c2ccccc2C1=O)(CCN1C(=O)c2ccccc2C1=O)C(=O)N1C(c2cccs2)SC[C@H]1C(=O)O. The third kappa shape index (κ3) is 8.32. The van der Waals surface area contributed by atoms with Crippen LogP contribution in [0.1, 0.15) is 81.2 Å². The van der Waals surface area contributed by atoms with E-state index in [0.29, 0.717) is 0 Å². The number of imide groups is 2. The lowest BCUT2D eigenvalue weighted by Gasteiger charge is -2.40. The molecule has 6 heterocycles. The molecule has 8 rings (SSSR count). The summed E-state index contributed by atoms with van der Waals surface area (Å²) < 4.78 is 0. The lowest BCUT2D eigenvalue weighted by molar-refractivity contribution is -0.154. The largest absolute Gasteiger partial charge is 0.480 e. The quantitative estimate of drug-likeness (QED) is 0.0647. The minimum Gasteiger partial charge on any atom is -0.480 e. The van der Waals surface area contributed by atoms with Crippen molar-refractivity contribution in [2.45, 2.75) is 42.1 Å². The monoisotopic (exact) mass is 950 g/mol. The first-order chi connectivity index (χ1) is 29.9. The number of carboxylic acid groups (broad SMARTS) is 2. The van der Waals surface area contributed by atoms with Gasteiger partial charge in [0.2, 0.25) is 11.8 Å². The minimum atomic E-state index is -1.56. The zero-order valence-electron chi connectivity index (χ0n) is 32.7. The first-order valence-corrected chi connectivity index (χ1v) is 25.8. The van der Waals surface area contributed by atoms with E-state index in [1.165, 1.54) is 77.6 Å². The van der Waals surface area contributed by atoms with E-state index in [2.05, 4.69) is 0 Å². The van der Waals surface area contributed by atoms with Crippen molar-refractivity contribution in [3.8, 4) is 0 Å². The molecule has 62 heavy (non-hydrogen) atoms. The molecular formula is C42H38N4O10S6. The Kier molecular flexibility index (Phi) is 13.2. The number of amides is 6. The van der Waals surface area contributed by atoms with Crippen LogP contribution in [0.5, 0.6) is 0 Å². The molecule has 2 aromatic carbocycles. The summed E-state index contributed by atoms with van der Waals surface area (Å²) in [5, 5.41) is 23.1. The molecule has 0 aliphatic carbocycles. The average molecular weight is 951 g/mol. The van der Waals surface area contributed by atoms with Gasteiger partial charge in [0.05, 0.1) is 27.7 Å². The van der Waals surface area contributed by atoms with Gasteiger partial charge in [-0.3, -0.25) is 38.6 Å². The van der Waals surface area contributed by atoms with E-state index in [0.717, 1.165) is 19.6 Å². The van der Waals surface area contributed by atoms with Gasteiger partial charge in [-0.05, 0) is 60.0 Å². The molecule has 4 aliphatic heterocycles. The fourth-order valence-electron chi connectivity index (χ4n) is 8.07. The van der Waals surface area contributed by atoms with Crippen molar-refractivity contribution in [3.63, 3.8) is 0 Å². The maximum Gasteiger partial charge on any atom is 0.327 e. The van der Waals surface area contributed by atoms with Gasteiger partial charge >= 0.3 is 11.9 Å². The molecule has 2 fully saturated rings. The number of fused-ring (bicyclic) bond motifs is 2. The minimum absolute atomic E-state index is 0.0147. The summed E-state index contributed by atoms with van der Waals surface area (Å²) in [6.07, 6.45) is -0.282. The molecule has 0 spiro atoms. The molecule has 4 aromatic rings. The molecule has 2 saturated heterocycles. The molecule has 0 bridgehead atoms. The number of nitrogens with zero attached hydrogens (tertiary/aromatic N) is 4. The summed E-state index contributed by atoms with van der Waals surface area (Å²) in [7, 11) is 2.51. The van der Waals surface area contributed by atoms with Gasteiger partial charge in [0.25, 0.3) is 23.6 Å². The van der Waals surface area contributed by atoms with E-state index >= 15 is 4.79 Å². The topological polar surface area (TPSA) is 190 Å². The number of aliphatic carboxylic acids is 2. The molecule has 4 atom stereocenters. The van der Waals surface area contributed by atoms with Crippen LogP contribution in [0.2, 0.25) is 0 Å². The highest BCUT2D eigenvalue weighted by atomic mass is 33.1. The van der Waals surface area contributed by atoms with E-state index in [1.54, 1.807) is 48.5 Å². The van der Waals surface area contributed by atoms with Gasteiger partial charge in [-0.25, -0.2) is 9.59 Å². The molecule has 6 amide bonds. The lowest BCUT2D eigenvalue weighted by atomic mass is 9.80. The van der Waals surface area contributed by atoms with Crippen molar-refractivity contribution in [1.82, 2.24) is 19.6 Å². The number of hydrogen-bond donors (Lipinski definition) is 2. The molecule has 0 radical (unpaired) electrons. The lowest BCUT2D eigenvalue weighted by Crippen LogP contribution is -2.53. The molecule has 2 aromatic heterocycles. The first-order valence-electron chi connectivity index (χ1n) is 19.5. The Morgan fingerprint density at radius 3 is 1.47 bits per heavy atom. The standard InChI is InChI=1S/C42H38N4O10S6/c47-32(45-28(39(52)53)21-59-37(45)30-11-5-18-57-30)13-20-61-62-23-42(14-16-43-33(48)24-7-1-2-8-25(24)34(43)49,15-17-44-35(50)26-9-3-4-10-27(26)36(44)51)41(56)46-29(40(54)55)22-60-38(46)31-12-6-19-58-31/h1-12,18-19,28-29,37-38H,13-17,20-23H2,(H,52,53)(H,54,55)/t28-,29-,37?,38?/m0/s1. The predicted octanol–water partition coefficient (Wildman–Crippen LogP) is 6.69. The van der Waals surface area contributed by atoms with E-state index in [9.17, 15) is 43.8 Å². The third-order valence-corrected chi connectivity index (χ3v) is 18.6. The highest BCUT2D eigenvalue weighted by Gasteiger charge is 2.52. The van der Waals surface area contributed by atoms with Crippen LogP contribution < -0.4 is 0 Å². The number of rotatable bonds is 17. The molecule has 14 nitrogen and oxygen atoms in total. The van der Waals surface area contributed by atoms with E-state index in [4.69, 9.17) is 0 Å². The maximum absolute atomic E-state index is 15.6. The summed E-state index contributed by atoms with van der Waals surface area (Å²) in [4.78, 5) is 116. The van der Waals surface area contributed by atoms with E-state index < -0.39 is 69.7 Å². The van der Waals surface area contributed by atoms with E-state index in [1.807, 2.05) is 35.0 Å². The summed E-state index contributed by atoms with van der Waals surface area (Å²) in [6.45, 7) is -0.445. The fraction of sp³-hybridized carbons (Fsp3) is 0.333. The Bertz CT molecular complexity index is 2280. The number of benzene rings is 2. The van der Waals surface area contributed by atoms with Crippen molar-refractivity contribution < 1.29 is 48.6 Å². The highest BCUT2D eigenvalue weighted by molar-refractivity contribution is 8.76. The van der Waals surface area contributed by atoms with Crippen LogP contribution >= 0.6 is 67.8 Å². The predicted molar refractivity (Wildman–Crippen MR) is 240 cm³/mol. The summed E-state index contributed by atoms with van der Waals surface area (Å²) >= 11 is 5.52. The number of carboxylic acids is 2.